The molecule has 2 aromatic carbocycles. The van der Waals surface area contributed by atoms with Gasteiger partial charge in [-0.15, -0.1) is 0 Å². The lowest BCUT2D eigenvalue weighted by atomic mass is 10.2. The first kappa shape index (κ1) is 14.8. The number of hydrogen-bond acceptors (Lipinski definition) is 5. The molecule has 3 aromatic rings. The lowest BCUT2D eigenvalue weighted by Gasteiger charge is -2.08. The highest BCUT2D eigenvalue weighted by Gasteiger charge is 2.15. The van der Waals surface area contributed by atoms with Gasteiger partial charge in [-0.1, -0.05) is 30.3 Å². The maximum Gasteiger partial charge on any atom is 0.270 e. The average Bonchev–Trinajstić information content (AvgIpc) is 3.05. The van der Waals surface area contributed by atoms with Gasteiger partial charge in [-0.25, -0.2) is 0 Å². The van der Waals surface area contributed by atoms with Crippen molar-refractivity contribution in [1.82, 2.24) is 10.1 Å². The Bertz CT molecular complexity index is 800. The molecule has 0 saturated carbocycles. The van der Waals surface area contributed by atoms with Crippen LogP contribution < -0.4 is 10.1 Å². The summed E-state index contributed by atoms with van der Waals surface area (Å²) < 4.78 is 10.6. The number of amides is 1. The van der Waals surface area contributed by atoms with E-state index in [1.807, 2.05) is 43.3 Å². The number of rotatable bonds is 5. The van der Waals surface area contributed by atoms with Gasteiger partial charge in [0.25, 0.3) is 17.7 Å². The zero-order chi connectivity index (χ0) is 16.1. The average molecular weight is 309 g/mol. The van der Waals surface area contributed by atoms with E-state index in [-0.39, 0.29) is 11.9 Å². The van der Waals surface area contributed by atoms with E-state index < -0.39 is 0 Å². The second-order valence-electron chi connectivity index (χ2n) is 4.67. The highest BCUT2D eigenvalue weighted by Crippen LogP contribution is 2.21. The van der Waals surface area contributed by atoms with E-state index >= 15 is 0 Å². The molecular weight excluding hydrogens is 294 g/mol. The Morgan fingerprint density at radius 1 is 1.13 bits per heavy atom. The van der Waals surface area contributed by atoms with Crippen molar-refractivity contribution in [2.24, 2.45) is 0 Å². The van der Waals surface area contributed by atoms with Crippen LogP contribution in [-0.2, 0) is 0 Å². The van der Waals surface area contributed by atoms with E-state index in [9.17, 15) is 4.79 Å². The van der Waals surface area contributed by atoms with E-state index in [1.54, 1.807) is 18.2 Å². The maximum absolute atomic E-state index is 12.3. The van der Waals surface area contributed by atoms with Crippen molar-refractivity contribution in [3.05, 3.63) is 60.2 Å². The van der Waals surface area contributed by atoms with Crippen molar-refractivity contribution in [2.45, 2.75) is 6.92 Å². The van der Waals surface area contributed by atoms with Crippen molar-refractivity contribution in [3.8, 4) is 17.2 Å². The molecule has 1 aromatic heterocycles. The summed E-state index contributed by atoms with van der Waals surface area (Å²) in [6.07, 6.45) is 0. The number of ether oxygens (including phenoxy) is 1. The molecule has 116 valence electrons. The molecule has 6 nitrogen and oxygen atoms in total. The van der Waals surface area contributed by atoms with Crippen LogP contribution in [0.1, 0.15) is 17.3 Å². The number of para-hydroxylation sites is 1. The minimum atomic E-state index is -0.352. The molecular formula is C17H15N3O3. The molecule has 0 aliphatic carbocycles. The van der Waals surface area contributed by atoms with Crippen LogP contribution in [0, 0.1) is 0 Å². The second-order valence-corrected chi connectivity index (χ2v) is 4.67. The van der Waals surface area contributed by atoms with E-state index in [2.05, 4.69) is 15.5 Å². The number of benzene rings is 2. The Balaban J connectivity index is 1.78. The topological polar surface area (TPSA) is 77.2 Å². The van der Waals surface area contributed by atoms with Crippen molar-refractivity contribution < 1.29 is 14.1 Å². The Kier molecular flexibility index (Phi) is 4.33. The molecule has 0 saturated heterocycles. The summed E-state index contributed by atoms with van der Waals surface area (Å²) in [4.78, 5) is 16.5. The minimum Gasteiger partial charge on any atom is -0.493 e. The van der Waals surface area contributed by atoms with Crippen LogP contribution in [0.2, 0.25) is 0 Å². The van der Waals surface area contributed by atoms with Crippen LogP contribution in [0.5, 0.6) is 5.75 Å². The third-order valence-corrected chi connectivity index (χ3v) is 3.10. The smallest absolute Gasteiger partial charge is 0.270 e. The molecule has 0 bridgehead atoms. The van der Waals surface area contributed by atoms with Crippen LogP contribution in [0.15, 0.2) is 59.1 Å². The van der Waals surface area contributed by atoms with Crippen molar-refractivity contribution in [2.75, 3.05) is 11.9 Å². The van der Waals surface area contributed by atoms with Gasteiger partial charge >= 0.3 is 0 Å². The minimum absolute atomic E-state index is 0.111. The van der Waals surface area contributed by atoms with Crippen LogP contribution in [0.25, 0.3) is 11.5 Å². The normalized spacial score (nSPS) is 10.3. The summed E-state index contributed by atoms with van der Waals surface area (Å²) >= 11 is 0. The number of aromatic nitrogens is 2. The van der Waals surface area contributed by atoms with Gasteiger partial charge in [0.15, 0.2) is 0 Å². The molecule has 3 rings (SSSR count). The fraction of sp³-hybridized carbons (Fsp3) is 0.118. The Morgan fingerprint density at radius 2 is 1.87 bits per heavy atom. The molecule has 0 radical (unpaired) electrons. The Morgan fingerprint density at radius 3 is 2.65 bits per heavy atom. The van der Waals surface area contributed by atoms with Gasteiger partial charge in [-0.05, 0) is 36.3 Å². The van der Waals surface area contributed by atoms with E-state index in [1.165, 1.54) is 0 Å². The van der Waals surface area contributed by atoms with E-state index in [0.29, 0.717) is 23.8 Å². The number of carbonyl (C=O) groups is 1. The molecule has 0 unspecified atom stereocenters. The van der Waals surface area contributed by atoms with Gasteiger partial charge in [-0.2, -0.15) is 4.98 Å². The lowest BCUT2D eigenvalue weighted by molar-refractivity contribution is 0.102. The van der Waals surface area contributed by atoms with Crippen molar-refractivity contribution in [1.29, 1.82) is 0 Å². The molecule has 6 heteroatoms. The van der Waals surface area contributed by atoms with Crippen molar-refractivity contribution in [3.63, 3.8) is 0 Å². The predicted octanol–water partition coefficient (Wildman–Crippen LogP) is 3.39. The number of nitrogens with one attached hydrogen (secondary N) is 1. The zero-order valence-corrected chi connectivity index (χ0v) is 12.5. The molecule has 1 amide bonds. The predicted molar refractivity (Wildman–Crippen MR) is 85.3 cm³/mol. The SMILES string of the molecule is CCOc1ccccc1C(=O)Nc1noc(-c2ccccc2)n1. The molecule has 1 heterocycles. The summed E-state index contributed by atoms with van der Waals surface area (Å²) in [5, 5.41) is 6.39. The number of hydrogen-bond donors (Lipinski definition) is 1. The Labute approximate surface area is 133 Å². The van der Waals surface area contributed by atoms with Gasteiger partial charge in [0, 0.05) is 5.56 Å². The monoisotopic (exact) mass is 309 g/mol. The summed E-state index contributed by atoms with van der Waals surface area (Å²) in [5.74, 6) is 0.618. The number of anilines is 1. The first-order valence-electron chi connectivity index (χ1n) is 7.20. The van der Waals surface area contributed by atoms with Crippen LogP contribution in [0.3, 0.4) is 0 Å². The molecule has 0 aliphatic heterocycles. The highest BCUT2D eigenvalue weighted by molar-refractivity contribution is 6.05. The molecule has 0 fully saturated rings. The maximum atomic E-state index is 12.3. The summed E-state index contributed by atoms with van der Waals surface area (Å²) in [6, 6.07) is 16.3. The fourth-order valence-corrected chi connectivity index (χ4v) is 2.08. The molecule has 0 atom stereocenters. The van der Waals surface area contributed by atoms with Crippen LogP contribution in [0.4, 0.5) is 5.95 Å². The first-order valence-corrected chi connectivity index (χ1v) is 7.20. The van der Waals surface area contributed by atoms with E-state index in [0.717, 1.165) is 5.56 Å². The van der Waals surface area contributed by atoms with Crippen LogP contribution >= 0.6 is 0 Å². The quantitative estimate of drug-likeness (QED) is 0.781. The molecule has 1 N–H and O–H groups in total. The zero-order valence-electron chi connectivity index (χ0n) is 12.5. The fourth-order valence-electron chi connectivity index (χ4n) is 2.08. The van der Waals surface area contributed by atoms with Gasteiger partial charge in [0.2, 0.25) is 0 Å². The summed E-state index contributed by atoms with van der Waals surface area (Å²) in [6.45, 7) is 2.34. The van der Waals surface area contributed by atoms with Crippen LogP contribution in [-0.4, -0.2) is 22.7 Å². The largest absolute Gasteiger partial charge is 0.493 e. The molecule has 0 spiro atoms. The van der Waals surface area contributed by atoms with Crippen molar-refractivity contribution >= 4 is 11.9 Å². The van der Waals surface area contributed by atoms with E-state index in [4.69, 9.17) is 9.26 Å². The third-order valence-electron chi connectivity index (χ3n) is 3.10. The second kappa shape index (κ2) is 6.74. The van der Waals surface area contributed by atoms with Gasteiger partial charge in [-0.3, -0.25) is 10.1 Å². The summed E-state index contributed by atoms with van der Waals surface area (Å²) in [7, 11) is 0. The Hall–Kier alpha value is -3.15. The van der Waals surface area contributed by atoms with Gasteiger partial charge in [0.05, 0.1) is 12.2 Å². The molecule has 23 heavy (non-hydrogen) atoms. The number of nitrogens with zero attached hydrogens (tertiary/aromatic N) is 2. The third kappa shape index (κ3) is 3.37. The molecule has 0 aliphatic rings. The van der Waals surface area contributed by atoms with Gasteiger partial charge < -0.3 is 9.26 Å². The lowest BCUT2D eigenvalue weighted by Crippen LogP contribution is -2.14. The first-order chi connectivity index (χ1) is 11.3. The summed E-state index contributed by atoms with van der Waals surface area (Å²) in [5.41, 5.74) is 1.20. The standard InChI is InChI=1S/C17H15N3O3/c1-2-22-14-11-7-6-10-13(14)15(21)18-17-19-16(23-20-17)12-8-4-3-5-9-12/h3-11H,2H2,1H3,(H,18,20,21). The highest BCUT2D eigenvalue weighted by atomic mass is 16.5. The number of carbonyl (C=O) groups excluding carboxylic acids is 1. The van der Waals surface area contributed by atoms with Gasteiger partial charge in [0.1, 0.15) is 5.75 Å².